The average Bonchev–Trinajstić information content (AvgIpc) is 2.81. The number of hydrogen-bond donors (Lipinski definition) is 2. The van der Waals surface area contributed by atoms with Crippen LogP contribution >= 0.6 is 0 Å². The van der Waals surface area contributed by atoms with Gasteiger partial charge in [-0.15, -0.1) is 0 Å². The Morgan fingerprint density at radius 1 is 1.44 bits per heavy atom. The predicted octanol–water partition coefficient (Wildman–Crippen LogP) is 1.54. The van der Waals surface area contributed by atoms with Crippen LogP contribution in [0.5, 0.6) is 0 Å². The van der Waals surface area contributed by atoms with Gasteiger partial charge in [-0.05, 0) is 24.3 Å². The number of hydrogen-bond acceptors (Lipinski definition) is 3. The SMILES string of the molecule is C[S@@](=O)c1ccc(NC(=O)c2ccn[nH]2)cc1F. The Labute approximate surface area is 105 Å². The minimum Gasteiger partial charge on any atom is -0.321 e. The Balaban J connectivity index is 2.18. The van der Waals surface area contributed by atoms with E-state index in [1.54, 1.807) is 0 Å². The lowest BCUT2D eigenvalue weighted by molar-refractivity contribution is 0.102. The van der Waals surface area contributed by atoms with Crippen LogP contribution in [0.4, 0.5) is 10.1 Å². The fraction of sp³-hybridized carbons (Fsp3) is 0.0909. The van der Waals surface area contributed by atoms with Crippen molar-refractivity contribution in [3.63, 3.8) is 0 Å². The van der Waals surface area contributed by atoms with Gasteiger partial charge in [-0.1, -0.05) is 0 Å². The molecule has 7 heteroatoms. The van der Waals surface area contributed by atoms with E-state index in [0.717, 1.165) is 6.07 Å². The number of carbonyl (C=O) groups excluding carboxylic acids is 1. The number of benzene rings is 1. The standard InChI is InChI=1S/C11H10FN3O2S/c1-18(17)10-3-2-7(6-8(10)12)14-11(16)9-4-5-13-15-9/h2-6H,1H3,(H,13,15)(H,14,16)/t18-/m1/s1. The summed E-state index contributed by atoms with van der Waals surface area (Å²) in [5, 5.41) is 8.64. The van der Waals surface area contributed by atoms with Gasteiger partial charge in [-0.2, -0.15) is 5.10 Å². The number of carbonyl (C=O) groups is 1. The lowest BCUT2D eigenvalue weighted by atomic mass is 10.3. The summed E-state index contributed by atoms with van der Waals surface area (Å²) in [6.45, 7) is 0. The van der Waals surface area contributed by atoms with Crippen molar-refractivity contribution in [3.05, 3.63) is 42.0 Å². The summed E-state index contributed by atoms with van der Waals surface area (Å²) >= 11 is 0. The van der Waals surface area contributed by atoms with E-state index in [4.69, 9.17) is 0 Å². The van der Waals surface area contributed by atoms with Crippen molar-refractivity contribution in [2.45, 2.75) is 4.90 Å². The van der Waals surface area contributed by atoms with Crippen molar-refractivity contribution in [1.82, 2.24) is 10.2 Å². The van der Waals surface area contributed by atoms with Gasteiger partial charge in [0.25, 0.3) is 5.91 Å². The molecule has 0 fully saturated rings. The maximum absolute atomic E-state index is 13.5. The van der Waals surface area contributed by atoms with Crippen molar-refractivity contribution in [2.24, 2.45) is 0 Å². The third-order valence-corrected chi connectivity index (χ3v) is 3.20. The van der Waals surface area contributed by atoms with Crippen molar-refractivity contribution in [3.8, 4) is 0 Å². The Bertz CT molecular complexity index is 598. The summed E-state index contributed by atoms with van der Waals surface area (Å²) in [6.07, 6.45) is 2.83. The number of H-pyrrole nitrogens is 1. The summed E-state index contributed by atoms with van der Waals surface area (Å²) in [7, 11) is -1.39. The van der Waals surface area contributed by atoms with Gasteiger partial charge in [0.15, 0.2) is 0 Å². The molecule has 2 N–H and O–H groups in total. The molecule has 2 aromatic rings. The zero-order chi connectivity index (χ0) is 13.1. The predicted molar refractivity (Wildman–Crippen MR) is 65.3 cm³/mol. The van der Waals surface area contributed by atoms with E-state index in [1.165, 1.54) is 30.7 Å². The molecule has 0 bridgehead atoms. The van der Waals surface area contributed by atoms with Crippen LogP contribution in [0.3, 0.4) is 0 Å². The average molecular weight is 267 g/mol. The van der Waals surface area contributed by atoms with Gasteiger partial charge in [0.2, 0.25) is 0 Å². The van der Waals surface area contributed by atoms with Gasteiger partial charge in [0.05, 0.1) is 15.7 Å². The molecule has 1 aromatic carbocycles. The first-order valence-electron chi connectivity index (χ1n) is 5.01. The van der Waals surface area contributed by atoms with Gasteiger partial charge in [0.1, 0.15) is 11.5 Å². The zero-order valence-corrected chi connectivity index (χ0v) is 10.3. The van der Waals surface area contributed by atoms with E-state index < -0.39 is 22.5 Å². The summed E-state index contributed by atoms with van der Waals surface area (Å²) in [5.74, 6) is -1.03. The molecule has 94 valence electrons. The van der Waals surface area contributed by atoms with E-state index >= 15 is 0 Å². The molecule has 0 saturated carbocycles. The summed E-state index contributed by atoms with van der Waals surface area (Å²) in [4.78, 5) is 11.7. The topological polar surface area (TPSA) is 74.8 Å². The number of nitrogens with one attached hydrogen (secondary N) is 2. The molecule has 1 atom stereocenters. The lowest BCUT2D eigenvalue weighted by Gasteiger charge is -2.05. The van der Waals surface area contributed by atoms with E-state index in [-0.39, 0.29) is 10.6 Å². The second kappa shape index (κ2) is 5.09. The Hall–Kier alpha value is -2.02. The van der Waals surface area contributed by atoms with Crippen LogP contribution < -0.4 is 5.32 Å². The van der Waals surface area contributed by atoms with Crippen LogP contribution in [0.2, 0.25) is 0 Å². The maximum Gasteiger partial charge on any atom is 0.273 e. The molecule has 0 aliphatic heterocycles. The van der Waals surface area contributed by atoms with Crippen LogP contribution in [0, 0.1) is 5.82 Å². The Morgan fingerprint density at radius 2 is 2.22 bits per heavy atom. The Morgan fingerprint density at radius 3 is 2.78 bits per heavy atom. The molecule has 2 rings (SSSR count). The molecule has 0 unspecified atom stereocenters. The quantitative estimate of drug-likeness (QED) is 0.885. The van der Waals surface area contributed by atoms with E-state index in [0.29, 0.717) is 5.69 Å². The van der Waals surface area contributed by atoms with Crippen molar-refractivity contribution in [2.75, 3.05) is 11.6 Å². The summed E-state index contributed by atoms with van der Waals surface area (Å²) < 4.78 is 24.7. The first-order valence-corrected chi connectivity index (χ1v) is 6.57. The molecule has 0 saturated heterocycles. The highest BCUT2D eigenvalue weighted by molar-refractivity contribution is 7.84. The molecule has 0 spiro atoms. The van der Waals surface area contributed by atoms with Crippen LogP contribution in [-0.4, -0.2) is 26.6 Å². The zero-order valence-electron chi connectivity index (χ0n) is 9.44. The minimum atomic E-state index is -1.39. The molecular weight excluding hydrogens is 257 g/mol. The molecule has 0 aliphatic carbocycles. The molecule has 1 aromatic heterocycles. The number of anilines is 1. The highest BCUT2D eigenvalue weighted by Gasteiger charge is 2.10. The minimum absolute atomic E-state index is 0.106. The molecule has 18 heavy (non-hydrogen) atoms. The van der Waals surface area contributed by atoms with Crippen LogP contribution in [0.25, 0.3) is 0 Å². The van der Waals surface area contributed by atoms with E-state index in [2.05, 4.69) is 15.5 Å². The Kier molecular flexibility index (Phi) is 3.52. The smallest absolute Gasteiger partial charge is 0.273 e. The number of amides is 1. The first-order chi connectivity index (χ1) is 8.58. The highest BCUT2D eigenvalue weighted by atomic mass is 32.2. The number of aromatic amines is 1. The molecule has 0 radical (unpaired) electrons. The molecule has 1 heterocycles. The van der Waals surface area contributed by atoms with E-state index in [9.17, 15) is 13.4 Å². The number of nitrogens with zero attached hydrogens (tertiary/aromatic N) is 1. The number of rotatable bonds is 3. The highest BCUT2D eigenvalue weighted by Crippen LogP contribution is 2.17. The van der Waals surface area contributed by atoms with Gasteiger partial charge in [0, 0.05) is 18.1 Å². The molecule has 0 aliphatic rings. The van der Waals surface area contributed by atoms with Crippen LogP contribution in [0.1, 0.15) is 10.5 Å². The summed E-state index contributed by atoms with van der Waals surface area (Å²) in [5.41, 5.74) is 0.569. The molecule has 1 amide bonds. The van der Waals surface area contributed by atoms with Crippen LogP contribution in [0.15, 0.2) is 35.4 Å². The van der Waals surface area contributed by atoms with Crippen LogP contribution in [-0.2, 0) is 10.8 Å². The van der Waals surface area contributed by atoms with Gasteiger partial charge < -0.3 is 5.32 Å². The second-order valence-electron chi connectivity index (χ2n) is 3.52. The number of halogens is 1. The van der Waals surface area contributed by atoms with Crippen molar-refractivity contribution < 1.29 is 13.4 Å². The first kappa shape index (κ1) is 12.4. The van der Waals surface area contributed by atoms with E-state index in [1.807, 2.05) is 0 Å². The third kappa shape index (κ3) is 2.62. The van der Waals surface area contributed by atoms with Crippen molar-refractivity contribution in [1.29, 1.82) is 0 Å². The second-order valence-corrected chi connectivity index (χ2v) is 4.87. The van der Waals surface area contributed by atoms with Gasteiger partial charge in [-0.25, -0.2) is 4.39 Å². The largest absolute Gasteiger partial charge is 0.321 e. The summed E-state index contributed by atoms with van der Waals surface area (Å²) in [6, 6.07) is 5.51. The molecule has 5 nitrogen and oxygen atoms in total. The fourth-order valence-electron chi connectivity index (χ4n) is 1.39. The maximum atomic E-state index is 13.5. The third-order valence-electron chi connectivity index (χ3n) is 2.24. The lowest BCUT2D eigenvalue weighted by Crippen LogP contribution is -2.12. The number of aromatic nitrogens is 2. The molecular formula is C11H10FN3O2S. The van der Waals surface area contributed by atoms with Gasteiger partial charge >= 0.3 is 0 Å². The fourth-order valence-corrected chi connectivity index (χ4v) is 1.99. The normalized spacial score (nSPS) is 12.1. The van der Waals surface area contributed by atoms with Gasteiger partial charge in [-0.3, -0.25) is 14.1 Å². The monoisotopic (exact) mass is 267 g/mol. The van der Waals surface area contributed by atoms with Crippen molar-refractivity contribution >= 4 is 22.4 Å².